The first-order chi connectivity index (χ1) is 5.27. The summed E-state index contributed by atoms with van der Waals surface area (Å²) < 4.78 is 1.77. The van der Waals surface area contributed by atoms with Gasteiger partial charge in [0.2, 0.25) is 5.95 Å². The normalized spacial score (nSPS) is 15.2. The van der Waals surface area contributed by atoms with Gasteiger partial charge in [0, 0.05) is 0 Å². The van der Waals surface area contributed by atoms with Crippen molar-refractivity contribution in [3.05, 3.63) is 5.82 Å². The van der Waals surface area contributed by atoms with Gasteiger partial charge in [-0.25, -0.2) is 4.68 Å². The van der Waals surface area contributed by atoms with E-state index >= 15 is 0 Å². The van der Waals surface area contributed by atoms with Crippen molar-refractivity contribution in [2.75, 3.05) is 17.3 Å². The molecule has 1 aliphatic rings. The molecular weight excluding hydrogens is 162 g/mol. The van der Waals surface area contributed by atoms with Gasteiger partial charge in [-0.05, 0) is 6.92 Å². The molecule has 2 heterocycles. The van der Waals surface area contributed by atoms with E-state index in [1.165, 1.54) is 0 Å². The van der Waals surface area contributed by atoms with E-state index in [1.807, 2.05) is 6.92 Å². The van der Waals surface area contributed by atoms with Gasteiger partial charge < -0.3 is 10.7 Å². The Morgan fingerprint density at radius 2 is 2.36 bits per heavy atom. The second-order valence-corrected chi connectivity index (χ2v) is 2.78. The summed E-state index contributed by atoms with van der Waals surface area (Å²) in [5.74, 6) is 1.49. The first-order valence-corrected chi connectivity index (χ1v) is 3.64. The van der Waals surface area contributed by atoms with Crippen LogP contribution in [0.15, 0.2) is 0 Å². The Kier molecular flexibility index (Phi) is 1.28. The van der Waals surface area contributed by atoms with Crippen LogP contribution in [0.25, 0.3) is 0 Å². The van der Waals surface area contributed by atoms with E-state index in [9.17, 15) is 0 Å². The number of aryl methyl sites for hydroxylation is 1. The average molecular weight is 169 g/mol. The summed E-state index contributed by atoms with van der Waals surface area (Å²) in [6, 6.07) is 0. The standard InChI is InChI=1S/C5H7N5S/c1-3-8-9-5-7-4(11)2-6-10(3)5/h6H,2H2,1H3,(H,7,9,11). The minimum Gasteiger partial charge on any atom is -0.316 e. The topological polar surface area (TPSA) is 54.8 Å². The van der Waals surface area contributed by atoms with Gasteiger partial charge in [0.15, 0.2) is 5.82 Å². The van der Waals surface area contributed by atoms with Crippen molar-refractivity contribution in [1.82, 2.24) is 14.9 Å². The highest BCUT2D eigenvalue weighted by Gasteiger charge is 2.14. The molecule has 0 aromatic carbocycles. The van der Waals surface area contributed by atoms with Gasteiger partial charge in [-0.2, -0.15) is 0 Å². The Morgan fingerprint density at radius 3 is 3.18 bits per heavy atom. The number of thiocarbonyl (C=S) groups is 1. The summed E-state index contributed by atoms with van der Waals surface area (Å²) in [4.78, 5) is 0.741. The zero-order chi connectivity index (χ0) is 7.84. The molecular formula is C5H7N5S. The van der Waals surface area contributed by atoms with Crippen LogP contribution in [0.4, 0.5) is 5.95 Å². The first-order valence-electron chi connectivity index (χ1n) is 3.23. The summed E-state index contributed by atoms with van der Waals surface area (Å²) in [6.45, 7) is 2.51. The van der Waals surface area contributed by atoms with Gasteiger partial charge >= 0.3 is 0 Å². The van der Waals surface area contributed by atoms with E-state index in [1.54, 1.807) is 4.68 Å². The molecule has 2 rings (SSSR count). The number of nitrogens with zero attached hydrogens (tertiary/aromatic N) is 3. The lowest BCUT2D eigenvalue weighted by Gasteiger charge is -2.18. The molecule has 6 heteroatoms. The molecule has 1 aromatic heterocycles. The third-order valence-corrected chi connectivity index (χ3v) is 1.72. The molecule has 1 aliphatic heterocycles. The molecule has 0 bridgehead atoms. The van der Waals surface area contributed by atoms with E-state index in [-0.39, 0.29) is 0 Å². The average Bonchev–Trinajstić information content (AvgIpc) is 2.32. The Bertz CT molecular complexity index is 304. The maximum absolute atomic E-state index is 4.94. The monoisotopic (exact) mass is 169 g/mol. The Labute approximate surface area is 68.8 Å². The Hall–Kier alpha value is -1.17. The highest BCUT2D eigenvalue weighted by molar-refractivity contribution is 7.80. The van der Waals surface area contributed by atoms with Crippen LogP contribution in [0.1, 0.15) is 5.82 Å². The van der Waals surface area contributed by atoms with Gasteiger partial charge in [-0.15, -0.1) is 10.2 Å². The van der Waals surface area contributed by atoms with E-state index in [4.69, 9.17) is 12.2 Å². The quantitative estimate of drug-likeness (QED) is 0.530. The van der Waals surface area contributed by atoms with Gasteiger partial charge in [0.25, 0.3) is 0 Å². The van der Waals surface area contributed by atoms with Crippen LogP contribution in [0.3, 0.4) is 0 Å². The molecule has 1 aromatic rings. The van der Waals surface area contributed by atoms with Crippen LogP contribution < -0.4 is 10.7 Å². The van der Waals surface area contributed by atoms with Crippen molar-refractivity contribution < 1.29 is 0 Å². The molecule has 0 spiro atoms. The van der Waals surface area contributed by atoms with Crippen molar-refractivity contribution in [2.24, 2.45) is 0 Å². The van der Waals surface area contributed by atoms with Crippen LogP contribution in [-0.4, -0.2) is 26.4 Å². The summed E-state index contributed by atoms with van der Waals surface area (Å²) in [7, 11) is 0. The number of aromatic nitrogens is 3. The second kappa shape index (κ2) is 2.16. The lowest BCUT2D eigenvalue weighted by Crippen LogP contribution is -2.34. The summed E-state index contributed by atoms with van der Waals surface area (Å²) >= 11 is 4.94. The molecule has 2 N–H and O–H groups in total. The lowest BCUT2D eigenvalue weighted by molar-refractivity contribution is 0.846. The van der Waals surface area contributed by atoms with Crippen molar-refractivity contribution >= 4 is 23.2 Å². The van der Waals surface area contributed by atoms with Crippen LogP contribution in [0.2, 0.25) is 0 Å². The first kappa shape index (κ1) is 6.53. The zero-order valence-corrected chi connectivity index (χ0v) is 6.77. The van der Waals surface area contributed by atoms with E-state index in [0.717, 1.165) is 10.8 Å². The van der Waals surface area contributed by atoms with Crippen LogP contribution in [-0.2, 0) is 0 Å². The van der Waals surface area contributed by atoms with E-state index < -0.39 is 0 Å². The number of nitrogens with one attached hydrogen (secondary N) is 2. The lowest BCUT2D eigenvalue weighted by atomic mass is 10.6. The molecule has 0 fully saturated rings. The van der Waals surface area contributed by atoms with Crippen molar-refractivity contribution in [1.29, 1.82) is 0 Å². The van der Waals surface area contributed by atoms with Crippen molar-refractivity contribution in [3.63, 3.8) is 0 Å². The van der Waals surface area contributed by atoms with Crippen LogP contribution in [0, 0.1) is 6.92 Å². The van der Waals surface area contributed by atoms with Crippen LogP contribution in [0.5, 0.6) is 0 Å². The molecule has 0 aliphatic carbocycles. The van der Waals surface area contributed by atoms with Gasteiger partial charge in [0.05, 0.1) is 6.54 Å². The van der Waals surface area contributed by atoms with Gasteiger partial charge in [0.1, 0.15) is 4.99 Å². The van der Waals surface area contributed by atoms with Gasteiger partial charge in [-0.3, -0.25) is 0 Å². The van der Waals surface area contributed by atoms with Gasteiger partial charge in [-0.1, -0.05) is 12.2 Å². The fraction of sp³-hybridized carbons (Fsp3) is 0.400. The highest BCUT2D eigenvalue weighted by Crippen LogP contribution is 2.07. The highest BCUT2D eigenvalue weighted by atomic mass is 32.1. The van der Waals surface area contributed by atoms with Crippen LogP contribution >= 0.6 is 12.2 Å². The van der Waals surface area contributed by atoms with E-state index in [0.29, 0.717) is 12.5 Å². The number of anilines is 1. The van der Waals surface area contributed by atoms with Crippen molar-refractivity contribution in [2.45, 2.75) is 6.92 Å². The molecule has 0 saturated heterocycles. The van der Waals surface area contributed by atoms with Crippen molar-refractivity contribution in [3.8, 4) is 0 Å². The molecule has 0 unspecified atom stereocenters. The number of rotatable bonds is 0. The van der Waals surface area contributed by atoms with E-state index in [2.05, 4.69) is 20.9 Å². The molecule has 58 valence electrons. The largest absolute Gasteiger partial charge is 0.316 e. The maximum atomic E-state index is 4.94. The Morgan fingerprint density at radius 1 is 1.55 bits per heavy atom. The number of hydrogen-bond donors (Lipinski definition) is 2. The zero-order valence-electron chi connectivity index (χ0n) is 5.96. The number of hydrogen-bond acceptors (Lipinski definition) is 4. The molecule has 5 nitrogen and oxygen atoms in total. The molecule has 0 saturated carbocycles. The fourth-order valence-corrected chi connectivity index (χ4v) is 1.11. The molecule has 0 amide bonds. The fourth-order valence-electron chi connectivity index (χ4n) is 0.952. The summed E-state index contributed by atoms with van der Waals surface area (Å²) in [6.07, 6.45) is 0. The Balaban J connectivity index is 2.44. The third kappa shape index (κ3) is 0.949. The number of fused-ring (bicyclic) bond motifs is 1. The maximum Gasteiger partial charge on any atom is 0.248 e. The summed E-state index contributed by atoms with van der Waals surface area (Å²) in [5, 5.41) is 10.7. The second-order valence-electron chi connectivity index (χ2n) is 2.29. The predicted octanol–water partition coefficient (Wildman–Crippen LogP) is -0.117. The molecule has 0 radical (unpaired) electrons. The smallest absolute Gasteiger partial charge is 0.248 e. The molecule has 11 heavy (non-hydrogen) atoms. The minimum atomic E-state index is 0.640. The SMILES string of the molecule is Cc1nnc2n1NCC(=S)N2. The third-order valence-electron chi connectivity index (χ3n) is 1.47. The predicted molar refractivity (Wildman–Crippen MR) is 45.2 cm³/mol. The minimum absolute atomic E-state index is 0.640. The molecule has 0 atom stereocenters. The summed E-state index contributed by atoms with van der Waals surface area (Å²) in [5.41, 5.74) is 3.05.